The normalized spacial score (nSPS) is 16.2. The van der Waals surface area contributed by atoms with Crippen LogP contribution in [0.2, 0.25) is 0 Å². The Hall–Kier alpha value is -3.76. The molecule has 33 heavy (non-hydrogen) atoms. The number of hydrogen-bond acceptors (Lipinski definition) is 7. The molecule has 1 atom stereocenters. The van der Waals surface area contributed by atoms with Crippen molar-refractivity contribution in [1.29, 1.82) is 0 Å². The van der Waals surface area contributed by atoms with Crippen molar-refractivity contribution in [1.82, 2.24) is 44.0 Å². The summed E-state index contributed by atoms with van der Waals surface area (Å²) in [7, 11) is 3.76. The minimum atomic E-state index is -0.174. The molecule has 5 rings (SSSR count). The molecule has 0 radical (unpaired) electrons. The third kappa shape index (κ3) is 3.53. The summed E-state index contributed by atoms with van der Waals surface area (Å²) in [5.74, 6) is 1.11. The molecule has 0 aliphatic carbocycles. The highest BCUT2D eigenvalue weighted by molar-refractivity contribution is 5.92. The van der Waals surface area contributed by atoms with Gasteiger partial charge in [0.1, 0.15) is 18.3 Å². The molecule has 0 aromatic carbocycles. The van der Waals surface area contributed by atoms with Crippen LogP contribution in [0.25, 0.3) is 22.6 Å². The van der Waals surface area contributed by atoms with Gasteiger partial charge in [-0.05, 0) is 26.8 Å². The van der Waals surface area contributed by atoms with Gasteiger partial charge in [0.05, 0.1) is 18.3 Å². The molecule has 5 heterocycles. The molecule has 0 spiro atoms. The quantitative estimate of drug-likeness (QED) is 0.458. The Kier molecular flexibility index (Phi) is 5.10. The summed E-state index contributed by atoms with van der Waals surface area (Å²) in [6.07, 6.45) is 3.85. The van der Waals surface area contributed by atoms with Crippen LogP contribution in [-0.4, -0.2) is 69.1 Å². The number of hydrogen-bond donors (Lipinski definition) is 0. The smallest absolute Gasteiger partial charge is 0.274 e. The summed E-state index contributed by atoms with van der Waals surface area (Å²) in [4.78, 5) is 28.2. The lowest BCUT2D eigenvalue weighted by atomic mass is 10.2. The lowest BCUT2D eigenvalue weighted by Crippen LogP contribution is -2.31. The molecular weight excluding hydrogens is 422 g/mol. The number of ether oxygens (including phenoxy) is 1. The van der Waals surface area contributed by atoms with Crippen LogP contribution in [0.3, 0.4) is 0 Å². The predicted molar refractivity (Wildman–Crippen MR) is 121 cm³/mol. The van der Waals surface area contributed by atoms with Gasteiger partial charge in [0.25, 0.3) is 5.91 Å². The summed E-state index contributed by atoms with van der Waals surface area (Å²) in [5, 5.41) is 8.74. The van der Waals surface area contributed by atoms with E-state index in [9.17, 15) is 4.79 Å². The molecule has 172 valence electrons. The lowest BCUT2D eigenvalue weighted by molar-refractivity contribution is 0.0765. The first-order valence-electron chi connectivity index (χ1n) is 11.0. The van der Waals surface area contributed by atoms with Crippen LogP contribution in [0.4, 0.5) is 0 Å². The van der Waals surface area contributed by atoms with Crippen molar-refractivity contribution < 1.29 is 9.53 Å². The Morgan fingerprint density at radius 2 is 2.06 bits per heavy atom. The molecule has 4 aromatic heterocycles. The first-order valence-corrected chi connectivity index (χ1v) is 11.0. The van der Waals surface area contributed by atoms with E-state index in [1.807, 2.05) is 49.5 Å². The fourth-order valence-corrected chi connectivity index (χ4v) is 4.28. The average Bonchev–Trinajstić information content (AvgIpc) is 3.56. The van der Waals surface area contributed by atoms with Crippen molar-refractivity contribution in [2.75, 3.05) is 13.1 Å². The van der Waals surface area contributed by atoms with Crippen molar-refractivity contribution in [3.63, 3.8) is 0 Å². The Morgan fingerprint density at radius 3 is 2.76 bits per heavy atom. The summed E-state index contributed by atoms with van der Waals surface area (Å²) in [5.41, 5.74) is 4.68. The molecule has 11 heteroatoms. The van der Waals surface area contributed by atoms with Crippen molar-refractivity contribution in [2.45, 2.75) is 39.8 Å². The fraction of sp³-hybridized carbons (Fsp3) is 0.455. The van der Waals surface area contributed by atoms with Gasteiger partial charge in [0.15, 0.2) is 16.9 Å². The van der Waals surface area contributed by atoms with Gasteiger partial charge in [-0.15, -0.1) is 0 Å². The fourth-order valence-electron chi connectivity index (χ4n) is 4.28. The number of aryl methyl sites for hydroxylation is 4. The van der Waals surface area contributed by atoms with Crippen LogP contribution in [0.1, 0.15) is 35.2 Å². The number of rotatable bonds is 5. The van der Waals surface area contributed by atoms with Crippen LogP contribution >= 0.6 is 0 Å². The SMILES string of the molecule is CCn1ncc(-c2nc3c(OC4CCN(C(=O)c5cc(C)n(C)n5)C4)ncnc3n2C)c1C. The molecule has 1 saturated heterocycles. The molecule has 1 aliphatic rings. The van der Waals surface area contributed by atoms with Crippen LogP contribution in [0, 0.1) is 13.8 Å². The number of imidazole rings is 1. The molecule has 11 nitrogen and oxygen atoms in total. The average molecular weight is 450 g/mol. The second-order valence-corrected chi connectivity index (χ2v) is 8.38. The highest BCUT2D eigenvalue weighted by Gasteiger charge is 2.31. The zero-order valence-electron chi connectivity index (χ0n) is 19.5. The van der Waals surface area contributed by atoms with Crippen LogP contribution < -0.4 is 4.74 Å². The monoisotopic (exact) mass is 449 g/mol. The van der Waals surface area contributed by atoms with Gasteiger partial charge in [-0.25, -0.2) is 9.97 Å². The van der Waals surface area contributed by atoms with E-state index in [4.69, 9.17) is 9.72 Å². The molecule has 0 N–H and O–H groups in total. The number of likely N-dealkylation sites (tertiary alicyclic amines) is 1. The van der Waals surface area contributed by atoms with E-state index in [0.29, 0.717) is 42.2 Å². The number of amides is 1. The van der Waals surface area contributed by atoms with Gasteiger partial charge < -0.3 is 14.2 Å². The van der Waals surface area contributed by atoms with Gasteiger partial charge in [-0.1, -0.05) is 0 Å². The first kappa shape index (κ1) is 21.1. The zero-order valence-corrected chi connectivity index (χ0v) is 19.5. The molecule has 4 aromatic rings. The highest BCUT2D eigenvalue weighted by Crippen LogP contribution is 2.30. The molecule has 1 fully saturated rings. The van der Waals surface area contributed by atoms with E-state index in [2.05, 4.69) is 27.1 Å². The second kappa shape index (κ2) is 7.98. The highest BCUT2D eigenvalue weighted by atomic mass is 16.5. The third-order valence-corrected chi connectivity index (χ3v) is 6.31. The lowest BCUT2D eigenvalue weighted by Gasteiger charge is -2.15. The molecule has 1 aliphatic heterocycles. The van der Waals surface area contributed by atoms with E-state index in [0.717, 1.165) is 29.3 Å². The van der Waals surface area contributed by atoms with Gasteiger partial charge in [-0.3, -0.25) is 14.2 Å². The van der Waals surface area contributed by atoms with Crippen LogP contribution in [0.15, 0.2) is 18.6 Å². The van der Waals surface area contributed by atoms with E-state index in [-0.39, 0.29) is 12.0 Å². The van der Waals surface area contributed by atoms with Gasteiger partial charge >= 0.3 is 0 Å². The largest absolute Gasteiger partial charge is 0.471 e. The Bertz CT molecular complexity index is 1330. The summed E-state index contributed by atoms with van der Waals surface area (Å²) >= 11 is 0. The maximum absolute atomic E-state index is 12.8. The van der Waals surface area contributed by atoms with Gasteiger partial charge in [0, 0.05) is 45.0 Å². The number of fused-ring (bicyclic) bond motifs is 1. The topological polar surface area (TPSA) is 109 Å². The van der Waals surface area contributed by atoms with E-state index in [1.165, 1.54) is 6.33 Å². The molecule has 1 unspecified atom stereocenters. The predicted octanol–water partition coefficient (Wildman–Crippen LogP) is 1.89. The Morgan fingerprint density at radius 1 is 1.24 bits per heavy atom. The summed E-state index contributed by atoms with van der Waals surface area (Å²) in [6.45, 7) is 7.88. The molecular formula is C22H27N9O2. The number of carbonyl (C=O) groups excluding carboxylic acids is 1. The maximum atomic E-state index is 12.8. The van der Waals surface area contributed by atoms with E-state index >= 15 is 0 Å². The minimum Gasteiger partial charge on any atom is -0.471 e. The van der Waals surface area contributed by atoms with Gasteiger partial charge in [0.2, 0.25) is 5.88 Å². The zero-order chi connectivity index (χ0) is 23.3. The number of aromatic nitrogens is 8. The van der Waals surface area contributed by atoms with Crippen LogP contribution in [-0.2, 0) is 20.6 Å². The van der Waals surface area contributed by atoms with Crippen LogP contribution in [0.5, 0.6) is 5.88 Å². The van der Waals surface area contributed by atoms with Crippen molar-refractivity contribution in [3.05, 3.63) is 35.7 Å². The maximum Gasteiger partial charge on any atom is 0.274 e. The van der Waals surface area contributed by atoms with Crippen molar-refractivity contribution in [2.24, 2.45) is 14.1 Å². The van der Waals surface area contributed by atoms with E-state index in [1.54, 1.807) is 9.58 Å². The van der Waals surface area contributed by atoms with Crippen molar-refractivity contribution >= 4 is 17.1 Å². The number of carbonyl (C=O) groups is 1. The Labute approximate surface area is 191 Å². The minimum absolute atomic E-state index is 0.0823. The second-order valence-electron chi connectivity index (χ2n) is 8.38. The summed E-state index contributed by atoms with van der Waals surface area (Å²) in [6, 6.07) is 1.81. The molecule has 0 bridgehead atoms. The Balaban J connectivity index is 1.38. The van der Waals surface area contributed by atoms with E-state index < -0.39 is 0 Å². The number of nitrogens with zero attached hydrogens (tertiary/aromatic N) is 9. The van der Waals surface area contributed by atoms with Crippen molar-refractivity contribution in [3.8, 4) is 17.3 Å². The standard InChI is InChI=1S/C22H27N9O2/c1-6-31-14(3)16(10-25-31)19-26-18-20(28(19)4)23-12-24-21(18)33-15-7-8-30(11-15)22(32)17-9-13(2)29(5)27-17/h9-10,12,15H,6-8,11H2,1-5H3. The molecule has 0 saturated carbocycles. The summed E-state index contributed by atoms with van der Waals surface area (Å²) < 4.78 is 11.8. The molecule has 1 amide bonds. The first-order chi connectivity index (χ1) is 15.9. The van der Waals surface area contributed by atoms with Gasteiger partial charge in [-0.2, -0.15) is 15.2 Å². The third-order valence-electron chi connectivity index (χ3n) is 6.31.